The topological polar surface area (TPSA) is 58.2 Å². The Bertz CT molecular complexity index is 989. The van der Waals surface area contributed by atoms with E-state index in [1.807, 2.05) is 54.6 Å². The zero-order chi connectivity index (χ0) is 20.6. The maximum Gasteiger partial charge on any atom is 0.253 e. The van der Waals surface area contributed by atoms with Gasteiger partial charge in [0.15, 0.2) is 0 Å². The van der Waals surface area contributed by atoms with Gasteiger partial charge >= 0.3 is 0 Å². The molecule has 3 aromatic carbocycles. The second-order valence-corrected chi connectivity index (χ2v) is 7.13. The number of anilines is 1. The summed E-state index contributed by atoms with van der Waals surface area (Å²) in [5.41, 5.74) is 3.13. The van der Waals surface area contributed by atoms with Gasteiger partial charge in [0, 0.05) is 5.69 Å². The number of halogens is 1. The predicted octanol–water partition coefficient (Wildman–Crippen LogP) is 5.40. The van der Waals surface area contributed by atoms with Crippen LogP contribution in [0.5, 0.6) is 0 Å². The van der Waals surface area contributed by atoms with Crippen LogP contribution in [0.25, 0.3) is 0 Å². The van der Waals surface area contributed by atoms with Crippen LogP contribution in [0.2, 0.25) is 5.02 Å². The third-order valence-corrected chi connectivity index (χ3v) is 4.96. The van der Waals surface area contributed by atoms with E-state index in [1.165, 1.54) is 0 Å². The lowest BCUT2D eigenvalue weighted by atomic mass is 10.0. The first-order chi connectivity index (χ1) is 14.1. The molecule has 0 saturated heterocycles. The molecule has 0 heterocycles. The highest BCUT2D eigenvalue weighted by molar-refractivity contribution is 6.33. The van der Waals surface area contributed by atoms with Crippen molar-refractivity contribution in [2.45, 2.75) is 25.8 Å². The number of carbonyl (C=O) groups excluding carboxylic acids is 2. The second kappa shape index (κ2) is 9.89. The monoisotopic (exact) mass is 406 g/mol. The van der Waals surface area contributed by atoms with Crippen LogP contribution in [-0.2, 0) is 11.2 Å². The molecule has 3 rings (SSSR count). The molecule has 2 N–H and O–H groups in total. The van der Waals surface area contributed by atoms with Crippen LogP contribution in [-0.4, -0.2) is 11.8 Å². The minimum Gasteiger partial charge on any atom is -0.345 e. The summed E-state index contributed by atoms with van der Waals surface area (Å²) >= 11 is 6.15. The zero-order valence-corrected chi connectivity index (χ0v) is 16.9. The van der Waals surface area contributed by atoms with Gasteiger partial charge in [-0.05, 0) is 41.8 Å². The van der Waals surface area contributed by atoms with E-state index < -0.39 is 6.04 Å². The number of carbonyl (C=O) groups is 2. The fourth-order valence-corrected chi connectivity index (χ4v) is 3.31. The van der Waals surface area contributed by atoms with E-state index in [0.29, 0.717) is 10.6 Å². The van der Waals surface area contributed by atoms with Crippen molar-refractivity contribution in [2.24, 2.45) is 0 Å². The summed E-state index contributed by atoms with van der Waals surface area (Å²) in [6, 6.07) is 23.6. The number of amides is 2. The summed E-state index contributed by atoms with van der Waals surface area (Å²) in [5.74, 6) is -0.489. The van der Waals surface area contributed by atoms with Crippen molar-refractivity contribution in [1.29, 1.82) is 0 Å². The van der Waals surface area contributed by atoms with E-state index >= 15 is 0 Å². The smallest absolute Gasteiger partial charge is 0.253 e. The summed E-state index contributed by atoms with van der Waals surface area (Å²) in [6.45, 7) is 2.07. The molecular formula is C24H23ClN2O2. The lowest BCUT2D eigenvalue weighted by molar-refractivity contribution is -0.116. The van der Waals surface area contributed by atoms with Crippen LogP contribution in [0, 0.1) is 0 Å². The number of hydrogen-bond donors (Lipinski definition) is 2. The molecule has 3 aromatic rings. The summed E-state index contributed by atoms with van der Waals surface area (Å²) in [6.07, 6.45) is 1.00. The number of nitrogens with one attached hydrogen (secondary N) is 2. The van der Waals surface area contributed by atoms with Gasteiger partial charge in [-0.15, -0.1) is 0 Å². The minimum absolute atomic E-state index is 0.108. The molecule has 0 aliphatic rings. The Balaban J connectivity index is 1.76. The van der Waals surface area contributed by atoms with Gasteiger partial charge in [0.25, 0.3) is 5.91 Å². The average molecular weight is 407 g/mol. The quantitative estimate of drug-likeness (QED) is 0.551. The average Bonchev–Trinajstić information content (AvgIpc) is 2.74. The predicted molar refractivity (Wildman–Crippen MR) is 117 cm³/mol. The third-order valence-electron chi connectivity index (χ3n) is 4.63. The Kier molecular flexibility index (Phi) is 7.04. The maximum atomic E-state index is 12.7. The van der Waals surface area contributed by atoms with Crippen LogP contribution >= 0.6 is 11.6 Å². The first kappa shape index (κ1) is 20.6. The van der Waals surface area contributed by atoms with E-state index in [-0.39, 0.29) is 18.2 Å². The molecule has 5 heteroatoms. The summed E-state index contributed by atoms with van der Waals surface area (Å²) in [4.78, 5) is 25.4. The molecule has 0 bridgehead atoms. The van der Waals surface area contributed by atoms with Crippen LogP contribution < -0.4 is 10.6 Å². The molecule has 148 valence electrons. The lowest BCUT2D eigenvalue weighted by Gasteiger charge is -2.19. The Morgan fingerprint density at radius 2 is 1.66 bits per heavy atom. The Morgan fingerprint density at radius 1 is 0.931 bits per heavy atom. The Labute approximate surface area is 175 Å². The maximum absolute atomic E-state index is 12.7. The fourth-order valence-electron chi connectivity index (χ4n) is 3.09. The molecule has 1 atom stereocenters. The van der Waals surface area contributed by atoms with E-state index in [9.17, 15) is 9.59 Å². The molecule has 0 aliphatic carbocycles. The van der Waals surface area contributed by atoms with E-state index in [2.05, 4.69) is 17.6 Å². The molecule has 4 nitrogen and oxygen atoms in total. The molecule has 0 fully saturated rings. The molecular weight excluding hydrogens is 384 g/mol. The van der Waals surface area contributed by atoms with Crippen molar-refractivity contribution in [3.05, 3.63) is 101 Å². The number of benzene rings is 3. The van der Waals surface area contributed by atoms with Crippen molar-refractivity contribution in [2.75, 3.05) is 5.32 Å². The van der Waals surface area contributed by atoms with Crippen LogP contribution in [0.4, 0.5) is 5.69 Å². The molecule has 0 saturated carbocycles. The molecule has 29 heavy (non-hydrogen) atoms. The van der Waals surface area contributed by atoms with Crippen LogP contribution in [0.15, 0.2) is 78.9 Å². The summed E-state index contributed by atoms with van der Waals surface area (Å²) in [5, 5.41) is 6.24. The van der Waals surface area contributed by atoms with Gasteiger partial charge in [-0.3, -0.25) is 9.59 Å². The van der Waals surface area contributed by atoms with Crippen LogP contribution in [0.1, 0.15) is 40.9 Å². The molecule has 0 aliphatic heterocycles. The fraction of sp³-hybridized carbons (Fsp3) is 0.167. The van der Waals surface area contributed by atoms with Gasteiger partial charge in [0.05, 0.1) is 23.0 Å². The molecule has 1 unspecified atom stereocenters. The molecule has 0 spiro atoms. The Morgan fingerprint density at radius 3 is 2.38 bits per heavy atom. The summed E-state index contributed by atoms with van der Waals surface area (Å²) in [7, 11) is 0. The van der Waals surface area contributed by atoms with Gasteiger partial charge in [-0.1, -0.05) is 73.1 Å². The van der Waals surface area contributed by atoms with Crippen molar-refractivity contribution >= 4 is 29.1 Å². The largest absolute Gasteiger partial charge is 0.345 e. The van der Waals surface area contributed by atoms with Crippen molar-refractivity contribution < 1.29 is 9.59 Å². The highest BCUT2D eigenvalue weighted by Gasteiger charge is 2.20. The first-order valence-corrected chi connectivity index (χ1v) is 9.93. The normalized spacial score (nSPS) is 11.5. The third kappa shape index (κ3) is 5.69. The Hall–Kier alpha value is -3.11. The van der Waals surface area contributed by atoms with Crippen molar-refractivity contribution in [3.8, 4) is 0 Å². The van der Waals surface area contributed by atoms with Crippen molar-refractivity contribution in [3.63, 3.8) is 0 Å². The number of hydrogen-bond acceptors (Lipinski definition) is 2. The van der Waals surface area contributed by atoms with E-state index in [1.54, 1.807) is 24.3 Å². The molecule has 2 amide bonds. The van der Waals surface area contributed by atoms with Gasteiger partial charge < -0.3 is 10.6 Å². The van der Waals surface area contributed by atoms with Crippen LogP contribution in [0.3, 0.4) is 0 Å². The standard InChI is InChI=1S/C24H23ClN2O2/c1-2-17-9-8-12-19(15-17)26-23(28)16-22(18-10-4-3-5-11-18)27-24(29)20-13-6-7-14-21(20)25/h3-15,22H,2,16H2,1H3,(H,26,28)(H,27,29). The van der Waals surface area contributed by atoms with Gasteiger partial charge in [0.1, 0.15) is 0 Å². The minimum atomic E-state index is -0.477. The SMILES string of the molecule is CCc1cccc(NC(=O)CC(NC(=O)c2ccccc2Cl)c2ccccc2)c1. The number of rotatable bonds is 7. The zero-order valence-electron chi connectivity index (χ0n) is 16.2. The van der Waals surface area contributed by atoms with Crippen molar-refractivity contribution in [1.82, 2.24) is 5.32 Å². The second-order valence-electron chi connectivity index (χ2n) is 6.72. The summed E-state index contributed by atoms with van der Waals surface area (Å²) < 4.78 is 0. The van der Waals surface area contributed by atoms with Gasteiger partial charge in [-0.2, -0.15) is 0 Å². The highest BCUT2D eigenvalue weighted by Crippen LogP contribution is 2.21. The number of aryl methyl sites for hydroxylation is 1. The first-order valence-electron chi connectivity index (χ1n) is 9.56. The van der Waals surface area contributed by atoms with Gasteiger partial charge in [0.2, 0.25) is 5.91 Å². The molecule has 0 radical (unpaired) electrons. The lowest BCUT2D eigenvalue weighted by Crippen LogP contribution is -2.31. The van der Waals surface area contributed by atoms with E-state index in [4.69, 9.17) is 11.6 Å². The highest BCUT2D eigenvalue weighted by atomic mass is 35.5. The van der Waals surface area contributed by atoms with Gasteiger partial charge in [-0.25, -0.2) is 0 Å². The molecule has 0 aromatic heterocycles. The van der Waals surface area contributed by atoms with E-state index in [0.717, 1.165) is 23.2 Å².